The summed E-state index contributed by atoms with van der Waals surface area (Å²) in [4.78, 5) is 0. The van der Waals surface area contributed by atoms with Gasteiger partial charge in [-0.3, -0.25) is 4.68 Å². The number of ether oxygens (including phenoxy) is 1. The van der Waals surface area contributed by atoms with Crippen LogP contribution in [0.1, 0.15) is 18.5 Å². The van der Waals surface area contributed by atoms with Crippen molar-refractivity contribution in [2.24, 2.45) is 0 Å². The molecule has 0 aliphatic carbocycles. The summed E-state index contributed by atoms with van der Waals surface area (Å²) in [5, 5.41) is 8.94. The summed E-state index contributed by atoms with van der Waals surface area (Å²) in [6, 6.07) is 2.60. The van der Waals surface area contributed by atoms with E-state index < -0.39 is 0 Å². The predicted molar refractivity (Wildman–Crippen MR) is 70.4 cm³/mol. The fourth-order valence-electron chi connectivity index (χ4n) is 2.23. The summed E-state index contributed by atoms with van der Waals surface area (Å²) in [6.07, 6.45) is 1.93. The molecule has 90 valence electrons. The van der Waals surface area contributed by atoms with E-state index in [1.807, 2.05) is 10.9 Å². The van der Waals surface area contributed by atoms with E-state index >= 15 is 0 Å². The van der Waals surface area contributed by atoms with Crippen molar-refractivity contribution in [3.63, 3.8) is 0 Å². The number of benzene rings is 1. The molecule has 1 N–H and O–H groups in total. The van der Waals surface area contributed by atoms with E-state index in [-0.39, 0.29) is 0 Å². The van der Waals surface area contributed by atoms with Gasteiger partial charge in [-0.1, -0.05) is 0 Å². The lowest BCUT2D eigenvalue weighted by Crippen LogP contribution is -1.99. The highest BCUT2D eigenvalue weighted by Gasteiger charge is 2.27. The van der Waals surface area contributed by atoms with Crippen molar-refractivity contribution in [1.82, 2.24) is 15.1 Å². The Morgan fingerprint density at radius 3 is 3.00 bits per heavy atom. The third kappa shape index (κ3) is 1.65. The van der Waals surface area contributed by atoms with Crippen LogP contribution >= 0.6 is 15.9 Å². The average molecular weight is 296 g/mol. The van der Waals surface area contributed by atoms with Gasteiger partial charge in [0.15, 0.2) is 5.75 Å². The molecule has 1 aliphatic heterocycles. The van der Waals surface area contributed by atoms with Crippen LogP contribution in [0.3, 0.4) is 0 Å². The molecule has 1 fully saturated rings. The van der Waals surface area contributed by atoms with E-state index in [1.165, 1.54) is 10.9 Å². The largest absolute Gasteiger partial charge is 0.493 e. The van der Waals surface area contributed by atoms with Crippen LogP contribution in [0.5, 0.6) is 5.75 Å². The zero-order chi connectivity index (χ0) is 12.0. The summed E-state index contributed by atoms with van der Waals surface area (Å²) in [7, 11) is 1.70. The Hall–Kier alpha value is -1.07. The van der Waals surface area contributed by atoms with Gasteiger partial charge in [0.1, 0.15) is 5.52 Å². The van der Waals surface area contributed by atoms with Gasteiger partial charge in [0.25, 0.3) is 0 Å². The maximum atomic E-state index is 5.49. The Bertz CT molecular complexity index is 575. The lowest BCUT2D eigenvalue weighted by molar-refractivity contribution is 0.413. The van der Waals surface area contributed by atoms with Gasteiger partial charge < -0.3 is 10.1 Å². The zero-order valence-electron chi connectivity index (χ0n) is 9.83. The quantitative estimate of drug-likeness (QED) is 0.885. The molecule has 2 heterocycles. The number of fused-ring (bicyclic) bond motifs is 1. The average Bonchev–Trinajstić information content (AvgIpc) is 3.08. The molecule has 0 saturated carbocycles. The molecular formula is C12H14BrN3O. The van der Waals surface area contributed by atoms with E-state index in [2.05, 4.69) is 39.3 Å². The van der Waals surface area contributed by atoms with Crippen LogP contribution in [-0.4, -0.2) is 23.4 Å². The van der Waals surface area contributed by atoms with Gasteiger partial charge >= 0.3 is 0 Å². The zero-order valence-corrected chi connectivity index (χ0v) is 11.4. The number of halogens is 1. The van der Waals surface area contributed by atoms with E-state index in [4.69, 9.17) is 4.74 Å². The van der Waals surface area contributed by atoms with Crippen molar-refractivity contribution in [2.45, 2.75) is 19.5 Å². The van der Waals surface area contributed by atoms with Crippen LogP contribution in [0.25, 0.3) is 10.9 Å². The van der Waals surface area contributed by atoms with Gasteiger partial charge in [0.05, 0.1) is 17.8 Å². The van der Waals surface area contributed by atoms with Crippen LogP contribution in [0.4, 0.5) is 0 Å². The molecule has 17 heavy (non-hydrogen) atoms. The molecule has 4 nitrogen and oxygen atoms in total. The summed E-state index contributed by atoms with van der Waals surface area (Å²) in [5.74, 6) is 0.865. The van der Waals surface area contributed by atoms with Crippen molar-refractivity contribution < 1.29 is 4.74 Å². The minimum Gasteiger partial charge on any atom is -0.493 e. The second-order valence-corrected chi connectivity index (χ2v) is 5.02. The highest BCUT2D eigenvalue weighted by atomic mass is 79.9. The van der Waals surface area contributed by atoms with Crippen LogP contribution in [0.15, 0.2) is 16.7 Å². The van der Waals surface area contributed by atoms with E-state index in [0.717, 1.165) is 28.8 Å². The van der Waals surface area contributed by atoms with Gasteiger partial charge in [-0.05, 0) is 34.5 Å². The Kier molecular flexibility index (Phi) is 2.60. The number of aromatic nitrogens is 2. The Morgan fingerprint density at radius 2 is 2.41 bits per heavy atom. The number of nitrogens with one attached hydrogen (secondary N) is 1. The van der Waals surface area contributed by atoms with Crippen molar-refractivity contribution in [3.8, 4) is 5.75 Å². The normalized spacial score (nSPS) is 18.6. The lowest BCUT2D eigenvalue weighted by Gasteiger charge is -2.10. The van der Waals surface area contributed by atoms with Gasteiger partial charge in [-0.15, -0.1) is 0 Å². The van der Waals surface area contributed by atoms with E-state index in [9.17, 15) is 0 Å². The molecule has 0 amide bonds. The second kappa shape index (κ2) is 3.99. The molecule has 0 radical (unpaired) electrons. The number of aryl methyl sites for hydroxylation is 1. The lowest BCUT2D eigenvalue weighted by atomic mass is 10.1. The molecule has 1 saturated heterocycles. The number of nitrogens with zero attached hydrogens (tertiary/aromatic N) is 2. The molecular weight excluding hydrogens is 282 g/mol. The number of hydrogen-bond donors (Lipinski definition) is 1. The summed E-state index contributed by atoms with van der Waals surface area (Å²) in [6.45, 7) is 3.97. The summed E-state index contributed by atoms with van der Waals surface area (Å²) in [5.41, 5.74) is 2.38. The third-order valence-electron chi connectivity index (χ3n) is 3.15. The Morgan fingerprint density at radius 1 is 1.65 bits per heavy atom. The topological polar surface area (TPSA) is 49.0 Å². The molecule has 0 spiro atoms. The van der Waals surface area contributed by atoms with Gasteiger partial charge in [0.2, 0.25) is 0 Å². The number of methoxy groups -OCH3 is 1. The molecule has 1 aliphatic rings. The summed E-state index contributed by atoms with van der Waals surface area (Å²) >= 11 is 3.58. The number of hydrogen-bond acceptors (Lipinski definition) is 3. The highest BCUT2D eigenvalue weighted by Crippen LogP contribution is 2.39. The van der Waals surface area contributed by atoms with Gasteiger partial charge in [-0.2, -0.15) is 5.10 Å². The van der Waals surface area contributed by atoms with Crippen molar-refractivity contribution in [2.75, 3.05) is 13.7 Å². The standard InChI is InChI=1S/C12H14BrN3O/c1-3-16-11-8(5-15-16)7(10-6-14-10)4-9(13)12(11)17-2/h4-5,10,14H,3,6H2,1-2H3. The maximum Gasteiger partial charge on any atom is 0.158 e. The Balaban J connectivity index is 2.35. The fraction of sp³-hybridized carbons (Fsp3) is 0.417. The minimum atomic E-state index is 0.467. The third-order valence-corrected chi connectivity index (χ3v) is 3.74. The monoisotopic (exact) mass is 295 g/mol. The molecule has 1 atom stereocenters. The molecule has 3 rings (SSSR count). The van der Waals surface area contributed by atoms with Crippen LogP contribution in [-0.2, 0) is 6.54 Å². The summed E-state index contributed by atoms with van der Waals surface area (Å²) < 4.78 is 8.46. The van der Waals surface area contributed by atoms with Crippen LogP contribution in [0.2, 0.25) is 0 Å². The predicted octanol–water partition coefficient (Wildman–Crippen LogP) is 2.47. The molecule has 2 aromatic rings. The first-order chi connectivity index (χ1) is 8.26. The second-order valence-electron chi connectivity index (χ2n) is 4.16. The van der Waals surface area contributed by atoms with Crippen molar-refractivity contribution >= 4 is 26.8 Å². The molecule has 0 bridgehead atoms. The first-order valence-electron chi connectivity index (χ1n) is 5.71. The van der Waals surface area contributed by atoms with Crippen LogP contribution in [0, 0.1) is 0 Å². The maximum absolute atomic E-state index is 5.49. The SMILES string of the molecule is CCn1ncc2c(C3CN3)cc(Br)c(OC)c21. The minimum absolute atomic E-state index is 0.467. The first kappa shape index (κ1) is 11.0. The number of rotatable bonds is 3. The molecule has 1 unspecified atom stereocenters. The highest BCUT2D eigenvalue weighted by molar-refractivity contribution is 9.10. The smallest absolute Gasteiger partial charge is 0.158 e. The molecule has 1 aromatic carbocycles. The van der Waals surface area contributed by atoms with Crippen molar-refractivity contribution in [1.29, 1.82) is 0 Å². The van der Waals surface area contributed by atoms with E-state index in [1.54, 1.807) is 7.11 Å². The van der Waals surface area contributed by atoms with E-state index in [0.29, 0.717) is 6.04 Å². The fourth-order valence-corrected chi connectivity index (χ4v) is 2.83. The van der Waals surface area contributed by atoms with Crippen molar-refractivity contribution in [3.05, 3.63) is 22.3 Å². The Labute approximate surface area is 108 Å². The van der Waals surface area contributed by atoms with Gasteiger partial charge in [0, 0.05) is 24.5 Å². The van der Waals surface area contributed by atoms with Gasteiger partial charge in [-0.25, -0.2) is 0 Å². The molecule has 5 heteroatoms. The first-order valence-corrected chi connectivity index (χ1v) is 6.50. The molecule has 1 aromatic heterocycles. The van der Waals surface area contributed by atoms with Crippen LogP contribution < -0.4 is 10.1 Å².